The van der Waals surface area contributed by atoms with Gasteiger partial charge in [-0.2, -0.15) is 0 Å². The van der Waals surface area contributed by atoms with Crippen molar-refractivity contribution in [1.82, 2.24) is 14.9 Å². The first-order chi connectivity index (χ1) is 12.1. The van der Waals surface area contributed by atoms with Crippen LogP contribution in [0.15, 0.2) is 59.5 Å². The molecule has 0 spiro atoms. The number of rotatable bonds is 7. The van der Waals surface area contributed by atoms with E-state index in [9.17, 15) is 9.18 Å². The number of imidazole rings is 1. The molecule has 0 radical (unpaired) electrons. The molecule has 1 N–H and O–H groups in total. The largest absolute Gasteiger partial charge is 0.486 e. The number of aromatic nitrogens is 2. The first kappa shape index (κ1) is 16.8. The first-order valence-electron chi connectivity index (χ1n) is 7.84. The maximum absolute atomic E-state index is 12.8. The standard InChI is InChI=1S/C18H18FN3O3/c1-13(10-22-9-8-20-12-22)21-18(23)17-7-6-16(25-17)11-24-15-4-2-14(19)3-5-15/h2-9,12-13H,10-11H2,1H3,(H,21,23). The third-order valence-electron chi connectivity index (χ3n) is 3.50. The normalized spacial score (nSPS) is 11.9. The smallest absolute Gasteiger partial charge is 0.287 e. The maximum atomic E-state index is 12.8. The number of benzene rings is 1. The minimum Gasteiger partial charge on any atom is -0.486 e. The molecule has 0 bridgehead atoms. The molecule has 1 aromatic carbocycles. The Morgan fingerprint density at radius 1 is 1.32 bits per heavy atom. The lowest BCUT2D eigenvalue weighted by Gasteiger charge is -2.13. The topological polar surface area (TPSA) is 69.3 Å². The van der Waals surface area contributed by atoms with Crippen molar-refractivity contribution >= 4 is 5.91 Å². The number of nitrogens with zero attached hydrogens (tertiary/aromatic N) is 2. The van der Waals surface area contributed by atoms with E-state index >= 15 is 0 Å². The van der Waals surface area contributed by atoms with Gasteiger partial charge in [-0.25, -0.2) is 9.37 Å². The van der Waals surface area contributed by atoms with Gasteiger partial charge in [-0.3, -0.25) is 4.79 Å². The fourth-order valence-electron chi connectivity index (χ4n) is 2.31. The highest BCUT2D eigenvalue weighted by Crippen LogP contribution is 2.15. The number of hydrogen-bond acceptors (Lipinski definition) is 4. The van der Waals surface area contributed by atoms with E-state index in [0.717, 1.165) is 0 Å². The number of halogens is 1. The molecule has 3 rings (SSSR count). The van der Waals surface area contributed by atoms with E-state index in [0.29, 0.717) is 18.1 Å². The number of carbonyl (C=O) groups is 1. The zero-order chi connectivity index (χ0) is 17.6. The van der Waals surface area contributed by atoms with Gasteiger partial charge in [0, 0.05) is 25.0 Å². The van der Waals surface area contributed by atoms with Gasteiger partial charge in [0.2, 0.25) is 0 Å². The Balaban J connectivity index is 1.51. The van der Waals surface area contributed by atoms with Crippen LogP contribution in [0.1, 0.15) is 23.2 Å². The van der Waals surface area contributed by atoms with Crippen LogP contribution in [0.25, 0.3) is 0 Å². The number of ether oxygens (including phenoxy) is 1. The highest BCUT2D eigenvalue weighted by atomic mass is 19.1. The Morgan fingerprint density at radius 2 is 2.12 bits per heavy atom. The summed E-state index contributed by atoms with van der Waals surface area (Å²) >= 11 is 0. The van der Waals surface area contributed by atoms with Gasteiger partial charge in [0.05, 0.1) is 6.33 Å². The summed E-state index contributed by atoms with van der Waals surface area (Å²) in [4.78, 5) is 16.2. The second-order valence-corrected chi connectivity index (χ2v) is 5.64. The van der Waals surface area contributed by atoms with E-state index in [2.05, 4.69) is 10.3 Å². The van der Waals surface area contributed by atoms with Crippen LogP contribution in [-0.4, -0.2) is 21.5 Å². The Hall–Kier alpha value is -3.09. The maximum Gasteiger partial charge on any atom is 0.287 e. The average molecular weight is 343 g/mol. The summed E-state index contributed by atoms with van der Waals surface area (Å²) in [5.41, 5.74) is 0. The Bertz CT molecular complexity index is 812. The molecule has 1 atom stereocenters. The van der Waals surface area contributed by atoms with Gasteiger partial charge in [-0.1, -0.05) is 0 Å². The average Bonchev–Trinajstić information content (AvgIpc) is 3.26. The van der Waals surface area contributed by atoms with Crippen LogP contribution in [0.4, 0.5) is 4.39 Å². The van der Waals surface area contributed by atoms with Crippen molar-refractivity contribution < 1.29 is 18.3 Å². The van der Waals surface area contributed by atoms with Crippen LogP contribution >= 0.6 is 0 Å². The van der Waals surface area contributed by atoms with Gasteiger partial charge in [0.1, 0.15) is 23.9 Å². The SMILES string of the molecule is CC(Cn1ccnc1)NC(=O)c1ccc(COc2ccc(F)cc2)o1. The number of furan rings is 1. The second-order valence-electron chi connectivity index (χ2n) is 5.64. The third kappa shape index (κ3) is 4.69. The molecule has 130 valence electrons. The summed E-state index contributed by atoms with van der Waals surface area (Å²) in [6.45, 7) is 2.68. The van der Waals surface area contributed by atoms with Gasteiger partial charge in [0.25, 0.3) is 5.91 Å². The van der Waals surface area contributed by atoms with Crippen molar-refractivity contribution in [3.05, 3.63) is 72.5 Å². The van der Waals surface area contributed by atoms with E-state index in [4.69, 9.17) is 9.15 Å². The fourth-order valence-corrected chi connectivity index (χ4v) is 2.31. The molecule has 1 amide bonds. The van der Waals surface area contributed by atoms with E-state index in [1.807, 2.05) is 17.7 Å². The molecule has 1 unspecified atom stereocenters. The lowest BCUT2D eigenvalue weighted by molar-refractivity contribution is 0.0904. The van der Waals surface area contributed by atoms with Crippen LogP contribution < -0.4 is 10.1 Å². The highest BCUT2D eigenvalue weighted by molar-refractivity contribution is 5.91. The van der Waals surface area contributed by atoms with Crippen molar-refractivity contribution in [1.29, 1.82) is 0 Å². The van der Waals surface area contributed by atoms with Gasteiger partial charge in [-0.15, -0.1) is 0 Å². The molecule has 0 saturated carbocycles. The first-order valence-corrected chi connectivity index (χ1v) is 7.84. The van der Waals surface area contributed by atoms with Crippen LogP contribution in [0.5, 0.6) is 5.75 Å². The lowest BCUT2D eigenvalue weighted by atomic mass is 10.3. The number of hydrogen-bond donors (Lipinski definition) is 1. The van der Waals surface area contributed by atoms with Crippen molar-refractivity contribution in [2.24, 2.45) is 0 Å². The summed E-state index contributed by atoms with van der Waals surface area (Å²) in [5.74, 6) is 0.638. The van der Waals surface area contributed by atoms with Gasteiger partial charge in [-0.05, 0) is 43.3 Å². The van der Waals surface area contributed by atoms with Crippen molar-refractivity contribution in [2.75, 3.05) is 0 Å². The van der Waals surface area contributed by atoms with Crippen molar-refractivity contribution in [2.45, 2.75) is 26.1 Å². The zero-order valence-corrected chi connectivity index (χ0v) is 13.7. The molecule has 2 heterocycles. The minimum absolute atomic E-state index is 0.0780. The van der Waals surface area contributed by atoms with E-state index in [-0.39, 0.29) is 30.1 Å². The third-order valence-corrected chi connectivity index (χ3v) is 3.50. The number of carbonyl (C=O) groups excluding carboxylic acids is 1. The predicted octanol–water partition coefficient (Wildman–Crippen LogP) is 3.01. The quantitative estimate of drug-likeness (QED) is 0.716. The summed E-state index contributed by atoms with van der Waals surface area (Å²) in [5, 5.41) is 2.86. The van der Waals surface area contributed by atoms with Crippen LogP contribution in [0.3, 0.4) is 0 Å². The van der Waals surface area contributed by atoms with Gasteiger partial charge >= 0.3 is 0 Å². The van der Waals surface area contributed by atoms with E-state index in [1.54, 1.807) is 24.7 Å². The lowest BCUT2D eigenvalue weighted by Crippen LogP contribution is -2.35. The number of amides is 1. The predicted molar refractivity (Wildman–Crippen MR) is 88.6 cm³/mol. The van der Waals surface area contributed by atoms with Crippen molar-refractivity contribution in [3.63, 3.8) is 0 Å². The molecule has 0 aliphatic rings. The Kier molecular flexibility index (Phi) is 5.13. The van der Waals surface area contributed by atoms with Crippen LogP contribution in [0.2, 0.25) is 0 Å². The molecule has 6 nitrogen and oxygen atoms in total. The molecule has 0 aliphatic carbocycles. The van der Waals surface area contributed by atoms with Gasteiger partial charge in [0.15, 0.2) is 5.76 Å². The monoisotopic (exact) mass is 343 g/mol. The van der Waals surface area contributed by atoms with Crippen LogP contribution in [0, 0.1) is 5.82 Å². The summed E-state index contributed by atoms with van der Waals surface area (Å²) in [6.07, 6.45) is 5.22. The molecule has 7 heteroatoms. The van der Waals surface area contributed by atoms with Crippen molar-refractivity contribution in [3.8, 4) is 5.75 Å². The summed E-state index contributed by atoms with van der Waals surface area (Å²) in [6, 6.07) is 8.90. The minimum atomic E-state index is -0.325. The molecule has 3 aromatic rings. The molecule has 25 heavy (non-hydrogen) atoms. The zero-order valence-electron chi connectivity index (χ0n) is 13.7. The molecular formula is C18H18FN3O3. The van der Waals surface area contributed by atoms with E-state index < -0.39 is 0 Å². The Morgan fingerprint density at radius 3 is 2.84 bits per heavy atom. The molecule has 0 saturated heterocycles. The molecular weight excluding hydrogens is 325 g/mol. The molecule has 0 fully saturated rings. The highest BCUT2D eigenvalue weighted by Gasteiger charge is 2.14. The summed E-state index contributed by atoms with van der Waals surface area (Å²) in [7, 11) is 0. The van der Waals surface area contributed by atoms with E-state index in [1.165, 1.54) is 24.3 Å². The fraction of sp³-hybridized carbons (Fsp3) is 0.222. The number of nitrogens with one attached hydrogen (secondary N) is 1. The Labute approximate surface area is 144 Å². The molecule has 2 aromatic heterocycles. The second kappa shape index (κ2) is 7.65. The molecule has 0 aliphatic heterocycles. The van der Waals surface area contributed by atoms with Crippen LogP contribution in [-0.2, 0) is 13.2 Å². The van der Waals surface area contributed by atoms with Gasteiger partial charge < -0.3 is 19.0 Å². The summed E-state index contributed by atoms with van der Waals surface area (Å²) < 4.78 is 25.7.